The van der Waals surface area contributed by atoms with Gasteiger partial charge >= 0.3 is 0 Å². The Hall–Kier alpha value is -1.52. The van der Waals surface area contributed by atoms with Crippen molar-refractivity contribution in [2.75, 3.05) is 19.4 Å². The van der Waals surface area contributed by atoms with Crippen molar-refractivity contribution >= 4 is 11.8 Å². The monoisotopic (exact) mass is 303 g/mol. The number of hydrogen-bond acceptors (Lipinski definition) is 3. The molecule has 0 amide bonds. The van der Waals surface area contributed by atoms with E-state index in [1.807, 2.05) is 25.2 Å². The molecule has 0 bridgehead atoms. The third-order valence-corrected chi connectivity index (χ3v) is 4.85. The second-order valence-electron chi connectivity index (χ2n) is 5.05. The molecule has 1 N–H and O–H groups in total. The lowest BCUT2D eigenvalue weighted by Crippen LogP contribution is -2.18. The zero-order chi connectivity index (χ0) is 14.7. The Morgan fingerprint density at radius 1 is 1.29 bits per heavy atom. The lowest BCUT2D eigenvalue weighted by atomic mass is 10.0. The van der Waals surface area contributed by atoms with Crippen LogP contribution in [0, 0.1) is 5.82 Å². The summed E-state index contributed by atoms with van der Waals surface area (Å²) in [6.45, 7) is 0.771. The SMILES string of the molecule is CNC(CSc1ccccc1F)c1ccc2c(c1)CCO2. The number of halogens is 1. The Morgan fingerprint density at radius 2 is 2.14 bits per heavy atom. The van der Waals surface area contributed by atoms with Crippen LogP contribution < -0.4 is 10.1 Å². The summed E-state index contributed by atoms with van der Waals surface area (Å²) in [5.74, 6) is 1.63. The fourth-order valence-corrected chi connectivity index (χ4v) is 3.59. The van der Waals surface area contributed by atoms with Crippen LogP contribution in [0.5, 0.6) is 5.75 Å². The lowest BCUT2D eigenvalue weighted by Gasteiger charge is -2.17. The normalized spacial score (nSPS) is 14.6. The highest BCUT2D eigenvalue weighted by molar-refractivity contribution is 7.99. The number of rotatable bonds is 5. The van der Waals surface area contributed by atoms with Gasteiger partial charge in [0.25, 0.3) is 0 Å². The van der Waals surface area contributed by atoms with Gasteiger partial charge in [0, 0.05) is 23.1 Å². The standard InChI is InChI=1S/C17H18FNOS/c1-19-15(11-21-17-5-3-2-4-14(17)18)12-6-7-16-13(10-12)8-9-20-16/h2-7,10,15,19H,8-9,11H2,1H3. The minimum atomic E-state index is -0.153. The van der Waals surface area contributed by atoms with E-state index in [2.05, 4.69) is 17.4 Å². The molecule has 2 aromatic carbocycles. The van der Waals surface area contributed by atoms with Crippen molar-refractivity contribution in [2.45, 2.75) is 17.4 Å². The summed E-state index contributed by atoms with van der Waals surface area (Å²) < 4.78 is 19.2. The predicted molar refractivity (Wildman–Crippen MR) is 84.6 cm³/mol. The molecule has 1 unspecified atom stereocenters. The molecule has 0 spiro atoms. The summed E-state index contributed by atoms with van der Waals surface area (Å²) in [5.41, 5.74) is 2.49. The molecule has 0 radical (unpaired) electrons. The van der Waals surface area contributed by atoms with E-state index in [-0.39, 0.29) is 11.9 Å². The topological polar surface area (TPSA) is 21.3 Å². The summed E-state index contributed by atoms with van der Waals surface area (Å²) in [4.78, 5) is 0.697. The van der Waals surface area contributed by atoms with Crippen LogP contribution in [0.2, 0.25) is 0 Å². The number of hydrogen-bond donors (Lipinski definition) is 1. The van der Waals surface area contributed by atoms with E-state index in [0.717, 1.165) is 24.5 Å². The van der Waals surface area contributed by atoms with E-state index >= 15 is 0 Å². The lowest BCUT2D eigenvalue weighted by molar-refractivity contribution is 0.357. The van der Waals surface area contributed by atoms with Gasteiger partial charge in [0.2, 0.25) is 0 Å². The summed E-state index contributed by atoms with van der Waals surface area (Å²) >= 11 is 1.54. The number of thioether (sulfide) groups is 1. The molecule has 1 aliphatic heterocycles. The van der Waals surface area contributed by atoms with Gasteiger partial charge in [0.05, 0.1) is 6.61 Å². The maximum atomic E-state index is 13.7. The van der Waals surface area contributed by atoms with Crippen molar-refractivity contribution in [3.05, 3.63) is 59.4 Å². The van der Waals surface area contributed by atoms with Gasteiger partial charge < -0.3 is 10.1 Å². The zero-order valence-corrected chi connectivity index (χ0v) is 12.8. The van der Waals surface area contributed by atoms with Crippen LogP contribution in [0.3, 0.4) is 0 Å². The van der Waals surface area contributed by atoms with Gasteiger partial charge in [-0.3, -0.25) is 0 Å². The molecule has 0 aliphatic carbocycles. The van der Waals surface area contributed by atoms with Crippen LogP contribution in [0.15, 0.2) is 47.4 Å². The fraction of sp³-hybridized carbons (Fsp3) is 0.294. The third-order valence-electron chi connectivity index (χ3n) is 3.71. The minimum absolute atomic E-state index is 0.153. The first kappa shape index (κ1) is 14.4. The first-order chi connectivity index (χ1) is 10.3. The first-order valence-corrected chi connectivity index (χ1v) is 8.06. The van der Waals surface area contributed by atoms with Crippen LogP contribution >= 0.6 is 11.8 Å². The van der Waals surface area contributed by atoms with Crippen molar-refractivity contribution in [2.24, 2.45) is 0 Å². The maximum Gasteiger partial charge on any atom is 0.136 e. The van der Waals surface area contributed by atoms with Crippen molar-refractivity contribution in [1.29, 1.82) is 0 Å². The van der Waals surface area contributed by atoms with E-state index in [1.165, 1.54) is 29.0 Å². The number of benzene rings is 2. The van der Waals surface area contributed by atoms with Gasteiger partial charge in [-0.05, 0) is 36.4 Å². The number of ether oxygens (including phenoxy) is 1. The summed E-state index contributed by atoms with van der Waals surface area (Å²) in [7, 11) is 1.94. The average Bonchev–Trinajstić information content (AvgIpc) is 2.97. The highest BCUT2D eigenvalue weighted by Crippen LogP contribution is 2.31. The largest absolute Gasteiger partial charge is 0.493 e. The quantitative estimate of drug-likeness (QED) is 0.849. The second-order valence-corrected chi connectivity index (χ2v) is 6.11. The second kappa shape index (κ2) is 6.50. The van der Waals surface area contributed by atoms with E-state index in [1.54, 1.807) is 6.07 Å². The molecule has 1 heterocycles. The number of nitrogens with one attached hydrogen (secondary N) is 1. The van der Waals surface area contributed by atoms with Crippen molar-refractivity contribution in [1.82, 2.24) is 5.32 Å². The van der Waals surface area contributed by atoms with E-state index in [4.69, 9.17) is 4.74 Å². The molecule has 1 atom stereocenters. The molecule has 0 saturated carbocycles. The molecule has 0 aromatic heterocycles. The molecule has 21 heavy (non-hydrogen) atoms. The van der Waals surface area contributed by atoms with Gasteiger partial charge in [-0.25, -0.2) is 4.39 Å². The van der Waals surface area contributed by atoms with Gasteiger partial charge in [-0.1, -0.05) is 24.3 Å². The Labute approximate surface area is 128 Å². The van der Waals surface area contributed by atoms with Crippen LogP contribution in [0.1, 0.15) is 17.2 Å². The highest BCUT2D eigenvalue weighted by atomic mass is 32.2. The van der Waals surface area contributed by atoms with Gasteiger partial charge in [0.1, 0.15) is 11.6 Å². The van der Waals surface area contributed by atoms with Crippen molar-refractivity contribution in [3.8, 4) is 5.75 Å². The predicted octanol–water partition coefficient (Wildman–Crippen LogP) is 3.81. The van der Waals surface area contributed by atoms with Crippen LogP contribution in [-0.2, 0) is 6.42 Å². The van der Waals surface area contributed by atoms with Gasteiger partial charge in [0.15, 0.2) is 0 Å². The molecular formula is C17H18FNOS. The maximum absolute atomic E-state index is 13.7. The molecule has 0 fully saturated rings. The van der Waals surface area contributed by atoms with Gasteiger partial charge in [-0.2, -0.15) is 0 Å². The summed E-state index contributed by atoms with van der Waals surface area (Å²) in [6, 6.07) is 13.4. The van der Waals surface area contributed by atoms with Crippen LogP contribution in [0.25, 0.3) is 0 Å². The molecule has 4 heteroatoms. The Balaban J connectivity index is 1.72. The molecule has 110 valence electrons. The Morgan fingerprint density at radius 3 is 2.95 bits per heavy atom. The average molecular weight is 303 g/mol. The molecule has 3 rings (SSSR count). The Bertz CT molecular complexity index is 632. The van der Waals surface area contributed by atoms with E-state index < -0.39 is 0 Å². The van der Waals surface area contributed by atoms with E-state index in [9.17, 15) is 4.39 Å². The van der Waals surface area contributed by atoms with Crippen molar-refractivity contribution in [3.63, 3.8) is 0 Å². The Kier molecular flexibility index (Phi) is 4.46. The smallest absolute Gasteiger partial charge is 0.136 e. The van der Waals surface area contributed by atoms with E-state index in [0.29, 0.717) is 4.90 Å². The molecule has 0 saturated heterocycles. The summed E-state index contributed by atoms with van der Waals surface area (Å²) in [5, 5.41) is 3.32. The molecular weight excluding hydrogens is 285 g/mol. The van der Waals surface area contributed by atoms with Gasteiger partial charge in [-0.15, -0.1) is 11.8 Å². The summed E-state index contributed by atoms with van der Waals surface area (Å²) in [6.07, 6.45) is 0.972. The third kappa shape index (κ3) is 3.22. The molecule has 2 nitrogen and oxygen atoms in total. The number of fused-ring (bicyclic) bond motifs is 1. The molecule has 2 aromatic rings. The minimum Gasteiger partial charge on any atom is -0.493 e. The van der Waals surface area contributed by atoms with Crippen LogP contribution in [-0.4, -0.2) is 19.4 Å². The van der Waals surface area contributed by atoms with Crippen LogP contribution in [0.4, 0.5) is 4.39 Å². The fourth-order valence-electron chi connectivity index (χ4n) is 2.50. The first-order valence-electron chi connectivity index (χ1n) is 7.08. The highest BCUT2D eigenvalue weighted by Gasteiger charge is 2.16. The van der Waals surface area contributed by atoms with Crippen molar-refractivity contribution < 1.29 is 9.13 Å². The zero-order valence-electron chi connectivity index (χ0n) is 11.9. The molecule has 1 aliphatic rings.